The van der Waals surface area contributed by atoms with Gasteiger partial charge in [0.1, 0.15) is 5.82 Å². The van der Waals surface area contributed by atoms with Gasteiger partial charge in [0, 0.05) is 12.2 Å². The molecule has 1 rings (SSSR count). The van der Waals surface area contributed by atoms with Crippen molar-refractivity contribution in [2.75, 3.05) is 5.32 Å². The molecule has 14 heavy (non-hydrogen) atoms. The molecule has 0 radical (unpaired) electrons. The summed E-state index contributed by atoms with van der Waals surface area (Å²) in [6.07, 6.45) is 1.61. The van der Waals surface area contributed by atoms with E-state index in [9.17, 15) is 9.59 Å². The maximum atomic E-state index is 11.0. The number of nitrogens with one attached hydrogen (secondary N) is 2. The lowest BCUT2D eigenvalue weighted by Gasteiger charge is -1.92. The van der Waals surface area contributed by atoms with Crippen molar-refractivity contribution < 1.29 is 14.7 Å². The first kappa shape index (κ1) is 9.90. The molecule has 0 spiro atoms. The van der Waals surface area contributed by atoms with Crippen molar-refractivity contribution in [2.24, 2.45) is 0 Å². The van der Waals surface area contributed by atoms with Crippen LogP contribution in [0.1, 0.15) is 5.82 Å². The van der Waals surface area contributed by atoms with Crippen molar-refractivity contribution in [2.45, 2.75) is 6.92 Å². The standard InChI is InChI=1S/C7H8N4O3/c1-4-8-7(11-10-4)9-5(12)2-3-6(13)14/h2-3H,1H3,(H,13,14)(H2,8,9,10,11,12)/b3-2+. The molecule has 1 amide bonds. The van der Waals surface area contributed by atoms with Crippen molar-refractivity contribution >= 4 is 17.8 Å². The fraction of sp³-hybridized carbons (Fsp3) is 0.143. The van der Waals surface area contributed by atoms with Gasteiger partial charge in [-0.2, -0.15) is 4.98 Å². The normalized spacial score (nSPS) is 10.4. The van der Waals surface area contributed by atoms with Crippen LogP contribution in [0, 0.1) is 6.92 Å². The van der Waals surface area contributed by atoms with E-state index >= 15 is 0 Å². The van der Waals surface area contributed by atoms with Crippen molar-refractivity contribution in [3.63, 3.8) is 0 Å². The van der Waals surface area contributed by atoms with E-state index in [4.69, 9.17) is 5.11 Å². The molecule has 1 aromatic heterocycles. The molecule has 0 saturated carbocycles. The molecular weight excluding hydrogens is 188 g/mol. The molecule has 0 aliphatic rings. The first-order valence-corrected chi connectivity index (χ1v) is 3.69. The van der Waals surface area contributed by atoms with E-state index in [0.717, 1.165) is 12.2 Å². The van der Waals surface area contributed by atoms with E-state index in [-0.39, 0.29) is 5.95 Å². The predicted octanol–water partition coefficient (Wildman–Crippen LogP) is -0.308. The minimum absolute atomic E-state index is 0.113. The highest BCUT2D eigenvalue weighted by Crippen LogP contribution is 1.96. The summed E-state index contributed by atoms with van der Waals surface area (Å²) in [5, 5.41) is 16.7. The zero-order chi connectivity index (χ0) is 10.6. The molecule has 0 aliphatic carbocycles. The van der Waals surface area contributed by atoms with Crippen LogP contribution in [-0.2, 0) is 9.59 Å². The number of hydrogen-bond acceptors (Lipinski definition) is 4. The highest BCUT2D eigenvalue weighted by molar-refractivity contribution is 6.01. The Hall–Kier alpha value is -2.18. The molecule has 7 heteroatoms. The van der Waals surface area contributed by atoms with Gasteiger partial charge in [0.15, 0.2) is 0 Å². The Bertz CT molecular complexity index is 382. The number of aromatic nitrogens is 3. The molecule has 0 aliphatic heterocycles. The number of hydrogen-bond donors (Lipinski definition) is 3. The Balaban J connectivity index is 2.53. The van der Waals surface area contributed by atoms with E-state index in [0.29, 0.717) is 5.82 Å². The van der Waals surface area contributed by atoms with Gasteiger partial charge in [-0.1, -0.05) is 0 Å². The van der Waals surface area contributed by atoms with Gasteiger partial charge in [0.25, 0.3) is 5.91 Å². The van der Waals surface area contributed by atoms with Gasteiger partial charge < -0.3 is 5.11 Å². The maximum absolute atomic E-state index is 11.0. The molecule has 0 atom stereocenters. The minimum atomic E-state index is -1.19. The van der Waals surface area contributed by atoms with Crippen LogP contribution >= 0.6 is 0 Å². The number of carbonyl (C=O) groups is 2. The van der Waals surface area contributed by atoms with Crippen LogP contribution in [0.15, 0.2) is 12.2 Å². The molecule has 0 fully saturated rings. The lowest BCUT2D eigenvalue weighted by atomic mass is 10.5. The molecule has 7 nitrogen and oxygen atoms in total. The van der Waals surface area contributed by atoms with Crippen LogP contribution < -0.4 is 5.32 Å². The molecular formula is C7H8N4O3. The van der Waals surface area contributed by atoms with E-state index in [2.05, 4.69) is 20.5 Å². The Morgan fingerprint density at radius 3 is 2.71 bits per heavy atom. The van der Waals surface area contributed by atoms with Crippen LogP contribution in [0.2, 0.25) is 0 Å². The summed E-state index contributed by atoms with van der Waals surface area (Å²) in [5.74, 6) is -1.11. The number of aromatic amines is 1. The summed E-state index contributed by atoms with van der Waals surface area (Å²) in [4.78, 5) is 24.8. The molecule has 74 valence electrons. The summed E-state index contributed by atoms with van der Waals surface area (Å²) in [6.45, 7) is 1.68. The minimum Gasteiger partial charge on any atom is -0.478 e. The van der Waals surface area contributed by atoms with E-state index in [1.54, 1.807) is 6.92 Å². The third-order valence-corrected chi connectivity index (χ3v) is 1.21. The number of carboxylic acid groups (broad SMARTS) is 1. The number of carbonyl (C=O) groups excluding carboxylic acids is 1. The smallest absolute Gasteiger partial charge is 0.328 e. The number of amides is 1. The summed E-state index contributed by atoms with van der Waals surface area (Å²) in [7, 11) is 0. The molecule has 0 aromatic carbocycles. The largest absolute Gasteiger partial charge is 0.478 e. The first-order valence-electron chi connectivity index (χ1n) is 3.69. The second-order valence-corrected chi connectivity index (χ2v) is 2.41. The maximum Gasteiger partial charge on any atom is 0.328 e. The quantitative estimate of drug-likeness (QED) is 0.575. The average Bonchev–Trinajstić information content (AvgIpc) is 2.48. The highest BCUT2D eigenvalue weighted by Gasteiger charge is 2.02. The Kier molecular flexibility index (Phi) is 2.95. The van der Waals surface area contributed by atoms with Crippen LogP contribution in [-0.4, -0.2) is 32.2 Å². The number of aryl methyl sites for hydroxylation is 1. The van der Waals surface area contributed by atoms with Gasteiger partial charge in [0.05, 0.1) is 0 Å². The van der Waals surface area contributed by atoms with Crippen LogP contribution in [0.5, 0.6) is 0 Å². The molecule has 0 bridgehead atoms. The molecule has 1 aromatic rings. The summed E-state index contributed by atoms with van der Waals surface area (Å²) >= 11 is 0. The fourth-order valence-electron chi connectivity index (χ4n) is 0.697. The molecule has 0 unspecified atom stereocenters. The summed E-state index contributed by atoms with van der Waals surface area (Å²) in [6, 6.07) is 0. The van der Waals surface area contributed by atoms with Crippen molar-refractivity contribution in [1.29, 1.82) is 0 Å². The first-order chi connectivity index (χ1) is 6.58. The van der Waals surface area contributed by atoms with E-state index in [1.807, 2.05) is 0 Å². The third kappa shape index (κ3) is 3.05. The number of aliphatic carboxylic acids is 1. The van der Waals surface area contributed by atoms with Crippen LogP contribution in [0.3, 0.4) is 0 Å². The SMILES string of the molecule is Cc1nc(NC(=O)/C=C/C(=O)O)n[nH]1. The van der Waals surface area contributed by atoms with E-state index < -0.39 is 11.9 Å². The lowest BCUT2D eigenvalue weighted by Crippen LogP contribution is -2.09. The Morgan fingerprint density at radius 2 is 2.21 bits per heavy atom. The molecule has 0 saturated heterocycles. The second-order valence-electron chi connectivity index (χ2n) is 2.41. The second kappa shape index (κ2) is 4.17. The topological polar surface area (TPSA) is 108 Å². The summed E-state index contributed by atoms with van der Waals surface area (Å²) in [5.41, 5.74) is 0. The monoisotopic (exact) mass is 196 g/mol. The summed E-state index contributed by atoms with van der Waals surface area (Å²) < 4.78 is 0. The van der Waals surface area contributed by atoms with Gasteiger partial charge in [-0.25, -0.2) is 4.79 Å². The van der Waals surface area contributed by atoms with E-state index in [1.165, 1.54) is 0 Å². The Labute approximate surface area is 78.9 Å². The van der Waals surface area contributed by atoms with Crippen LogP contribution in [0.25, 0.3) is 0 Å². The zero-order valence-electron chi connectivity index (χ0n) is 7.31. The zero-order valence-corrected chi connectivity index (χ0v) is 7.31. The number of carboxylic acids is 1. The Morgan fingerprint density at radius 1 is 1.50 bits per heavy atom. The highest BCUT2D eigenvalue weighted by atomic mass is 16.4. The van der Waals surface area contributed by atoms with Crippen molar-refractivity contribution in [3.05, 3.63) is 18.0 Å². The predicted molar refractivity (Wildman–Crippen MR) is 46.5 cm³/mol. The third-order valence-electron chi connectivity index (χ3n) is 1.21. The molecule has 1 heterocycles. The molecule has 3 N–H and O–H groups in total. The van der Waals surface area contributed by atoms with Crippen molar-refractivity contribution in [1.82, 2.24) is 15.2 Å². The fourth-order valence-corrected chi connectivity index (χ4v) is 0.697. The van der Waals surface area contributed by atoms with Gasteiger partial charge >= 0.3 is 5.97 Å². The average molecular weight is 196 g/mol. The lowest BCUT2D eigenvalue weighted by molar-refractivity contribution is -0.131. The number of nitrogens with zero attached hydrogens (tertiary/aromatic N) is 2. The van der Waals surface area contributed by atoms with Gasteiger partial charge in [-0.3, -0.25) is 15.2 Å². The number of H-pyrrole nitrogens is 1. The van der Waals surface area contributed by atoms with Gasteiger partial charge in [-0.05, 0) is 6.92 Å². The van der Waals surface area contributed by atoms with Gasteiger partial charge in [-0.15, -0.1) is 5.10 Å². The number of anilines is 1. The van der Waals surface area contributed by atoms with Crippen LogP contribution in [0.4, 0.5) is 5.95 Å². The van der Waals surface area contributed by atoms with Gasteiger partial charge in [0.2, 0.25) is 5.95 Å². The van der Waals surface area contributed by atoms with Crippen molar-refractivity contribution in [3.8, 4) is 0 Å². The number of rotatable bonds is 3.